The Balaban J connectivity index is 0. The second-order valence-corrected chi connectivity index (χ2v) is 7.71. The molecule has 1 atom stereocenters. The first kappa shape index (κ1) is 14.9. The van der Waals surface area contributed by atoms with E-state index in [-0.39, 0.29) is 12.8 Å². The first-order valence-corrected chi connectivity index (χ1v) is 7.17. The summed E-state index contributed by atoms with van der Waals surface area (Å²) in [5.41, 5.74) is -2.87. The second kappa shape index (κ2) is 7.98. The van der Waals surface area contributed by atoms with Crippen LogP contribution in [0.25, 0.3) is 0 Å². The summed E-state index contributed by atoms with van der Waals surface area (Å²) < 4.78 is 4.85. The number of rotatable bonds is 6. The average molecular weight is 227 g/mol. The van der Waals surface area contributed by atoms with E-state index in [4.69, 9.17) is 4.52 Å². The summed E-state index contributed by atoms with van der Waals surface area (Å²) in [6.45, 7) is 7.14. The molecule has 0 bridgehead atoms. The maximum Gasteiger partial charge on any atom is 0.0692 e. The van der Waals surface area contributed by atoms with Crippen LogP contribution in [-0.2, 0) is 16.3 Å². The lowest BCUT2D eigenvalue weighted by atomic mass is 10.7. The molecule has 0 fully saturated rings. The molecule has 0 spiro atoms. The van der Waals surface area contributed by atoms with Gasteiger partial charge in [0, 0.05) is 11.4 Å². The van der Waals surface area contributed by atoms with Crippen LogP contribution in [0.5, 0.6) is 0 Å². The number of hydrogen-bond donors (Lipinski definition) is 1. The summed E-state index contributed by atoms with van der Waals surface area (Å²) in [6, 6.07) is 0. The molecule has 0 aromatic rings. The predicted molar refractivity (Wildman–Crippen MR) is 59.1 cm³/mol. The Morgan fingerprint density at radius 1 is 1.50 bits per heavy atom. The van der Waals surface area contributed by atoms with Crippen molar-refractivity contribution in [2.75, 3.05) is 12.4 Å². The van der Waals surface area contributed by atoms with Crippen molar-refractivity contribution in [3.05, 3.63) is 25.3 Å². The summed E-state index contributed by atoms with van der Waals surface area (Å²) in [5.74, 6) is 0.553. The van der Waals surface area contributed by atoms with Crippen LogP contribution < -0.4 is 11.0 Å². The molecule has 0 saturated carbocycles. The third kappa shape index (κ3) is 8.46. The average Bonchev–Trinajstić information content (AvgIpc) is 1.97. The molecule has 0 aliphatic carbocycles. The van der Waals surface area contributed by atoms with Crippen LogP contribution in [0.3, 0.4) is 0 Å². The Morgan fingerprint density at radius 2 is 2.08 bits per heavy atom. The Morgan fingerprint density at radius 3 is 2.50 bits per heavy atom. The van der Waals surface area contributed by atoms with E-state index in [1.54, 1.807) is 6.08 Å². The van der Waals surface area contributed by atoms with E-state index < -0.39 is 5.69 Å². The molecule has 6 heteroatoms. The van der Waals surface area contributed by atoms with Crippen molar-refractivity contribution in [3.8, 4) is 0 Å². The Hall–Kier alpha value is 0.360. The van der Waals surface area contributed by atoms with E-state index in [9.17, 15) is 4.89 Å². The summed E-state index contributed by atoms with van der Waals surface area (Å²) >= 11 is 5.78. The smallest absolute Gasteiger partial charge is 0.0692 e. The molecule has 1 unspecified atom stereocenters. The molecule has 0 rings (SSSR count). The van der Waals surface area contributed by atoms with Crippen LogP contribution in [0.15, 0.2) is 25.3 Å². The second-order valence-electron chi connectivity index (χ2n) is 1.62. The molecule has 0 aliphatic heterocycles. The van der Waals surface area contributed by atoms with Gasteiger partial charge in [-0.1, -0.05) is 24.0 Å². The fourth-order valence-corrected chi connectivity index (χ4v) is 2.98. The molecule has 0 aliphatic rings. The molecule has 0 heterocycles. The minimum absolute atomic E-state index is 0. The van der Waals surface area contributed by atoms with Gasteiger partial charge in [0.1, 0.15) is 0 Å². The van der Waals surface area contributed by atoms with Crippen molar-refractivity contribution in [3.63, 3.8) is 0 Å². The fraction of sp³-hybridized carbons (Fsp3) is 0.333. The van der Waals surface area contributed by atoms with E-state index in [2.05, 4.69) is 25.0 Å². The highest BCUT2D eigenvalue weighted by atomic mass is 32.9. The lowest BCUT2D eigenvalue weighted by molar-refractivity contribution is -0.173. The summed E-state index contributed by atoms with van der Waals surface area (Å²) in [4.78, 5) is 11.2. The van der Waals surface area contributed by atoms with Gasteiger partial charge < -0.3 is 15.6 Å². The van der Waals surface area contributed by atoms with Gasteiger partial charge in [-0.2, -0.15) is 0 Å². The monoisotopic (exact) mass is 227 g/mol. The van der Waals surface area contributed by atoms with Crippen molar-refractivity contribution >= 4 is 28.9 Å². The lowest BCUT2D eigenvalue weighted by Crippen LogP contribution is -2.01. The standard InChI is InChI=1S/C6H11O2PS2.H3N/c1-3-5-8-9(7,10)11-6-4-2;/h3-4H,1-2,5-6H2,(H,7,10);1H3. The molecule has 0 aromatic heterocycles. The van der Waals surface area contributed by atoms with Crippen LogP contribution in [0.2, 0.25) is 0 Å². The van der Waals surface area contributed by atoms with Crippen molar-refractivity contribution in [1.82, 2.24) is 6.15 Å². The molecule has 12 heavy (non-hydrogen) atoms. The Labute approximate surface area is 82.4 Å². The van der Waals surface area contributed by atoms with Gasteiger partial charge in [0.25, 0.3) is 0 Å². The van der Waals surface area contributed by atoms with E-state index in [0.29, 0.717) is 5.75 Å². The first-order chi connectivity index (χ1) is 5.12. The van der Waals surface area contributed by atoms with Gasteiger partial charge in [-0.3, -0.25) is 0 Å². The van der Waals surface area contributed by atoms with Crippen LogP contribution in [0.1, 0.15) is 0 Å². The normalized spacial score (nSPS) is 14.1. The molecule has 0 radical (unpaired) electrons. The van der Waals surface area contributed by atoms with Gasteiger partial charge in [-0.15, -0.1) is 24.5 Å². The minimum Gasteiger partial charge on any atom is -0.793 e. The number of quaternary nitrogens is 1. The van der Waals surface area contributed by atoms with Crippen molar-refractivity contribution in [1.29, 1.82) is 0 Å². The van der Waals surface area contributed by atoms with Crippen LogP contribution in [0, 0.1) is 0 Å². The highest BCUT2D eigenvalue weighted by Crippen LogP contribution is 2.51. The zero-order valence-corrected chi connectivity index (χ0v) is 9.59. The molecule has 4 N–H and O–H groups in total. The van der Waals surface area contributed by atoms with E-state index in [1.807, 2.05) is 0 Å². The lowest BCUT2D eigenvalue weighted by Gasteiger charge is -2.25. The van der Waals surface area contributed by atoms with Crippen molar-refractivity contribution in [2.45, 2.75) is 0 Å². The van der Waals surface area contributed by atoms with Gasteiger partial charge in [-0.05, 0) is 0 Å². The zero-order chi connectivity index (χ0) is 8.74. The molecule has 0 aromatic carbocycles. The minimum atomic E-state index is -2.87. The van der Waals surface area contributed by atoms with E-state index >= 15 is 0 Å². The third-order valence-corrected chi connectivity index (χ3v) is 4.84. The summed E-state index contributed by atoms with van der Waals surface area (Å²) in [7, 11) is 0. The molecular formula is C6H14NO2PS2. The zero-order valence-electron chi connectivity index (χ0n) is 7.06. The van der Waals surface area contributed by atoms with Crippen LogP contribution in [0.4, 0.5) is 0 Å². The van der Waals surface area contributed by atoms with Gasteiger partial charge in [0.05, 0.1) is 6.61 Å². The Bertz CT molecular complexity index is 170. The highest BCUT2D eigenvalue weighted by molar-refractivity contribution is 8.67. The summed E-state index contributed by atoms with van der Waals surface area (Å²) in [6.07, 6.45) is 3.16. The summed E-state index contributed by atoms with van der Waals surface area (Å²) in [5, 5.41) is 0. The molecule has 0 saturated heterocycles. The quantitative estimate of drug-likeness (QED) is 0.557. The molecule has 0 amide bonds. The maximum absolute atomic E-state index is 11.2. The molecular weight excluding hydrogens is 213 g/mol. The van der Waals surface area contributed by atoms with E-state index in [1.165, 1.54) is 6.08 Å². The number of hydrogen-bond acceptors (Lipinski definition) is 4. The molecule has 3 nitrogen and oxygen atoms in total. The first-order valence-electron chi connectivity index (χ1n) is 2.94. The van der Waals surface area contributed by atoms with Gasteiger partial charge in [0.15, 0.2) is 0 Å². The van der Waals surface area contributed by atoms with Crippen LogP contribution in [-0.4, -0.2) is 12.4 Å². The fourth-order valence-electron chi connectivity index (χ4n) is 0.325. The predicted octanol–water partition coefficient (Wildman–Crippen LogP) is 2.07. The third-order valence-electron chi connectivity index (χ3n) is 0.701. The topological polar surface area (TPSA) is 68.8 Å². The van der Waals surface area contributed by atoms with Crippen molar-refractivity contribution in [2.24, 2.45) is 0 Å². The van der Waals surface area contributed by atoms with Crippen molar-refractivity contribution < 1.29 is 9.42 Å². The largest absolute Gasteiger partial charge is 0.793 e. The highest BCUT2D eigenvalue weighted by Gasteiger charge is 1.99. The van der Waals surface area contributed by atoms with Gasteiger partial charge in [-0.25, -0.2) is 0 Å². The Kier molecular flexibility index (Phi) is 9.88. The van der Waals surface area contributed by atoms with Gasteiger partial charge >= 0.3 is 0 Å². The van der Waals surface area contributed by atoms with Gasteiger partial charge in [0.2, 0.25) is 0 Å². The maximum atomic E-state index is 11.2. The molecule has 72 valence electrons. The van der Waals surface area contributed by atoms with E-state index in [0.717, 1.165) is 11.4 Å². The van der Waals surface area contributed by atoms with Crippen LogP contribution >= 0.6 is 17.1 Å². The SMILES string of the molecule is C=CCOP([O-])(=S)SCC=C.[NH4+].